The average molecular weight is 202 g/mol. The highest BCUT2D eigenvalue weighted by Crippen LogP contribution is 2.40. The Hall–Kier alpha value is -0.180. The highest BCUT2D eigenvalue weighted by molar-refractivity contribution is 8.02. The Bertz CT molecular complexity index is 195. The highest BCUT2D eigenvalue weighted by atomic mass is 32.2. The van der Waals surface area contributed by atoms with E-state index in [-0.39, 0.29) is 15.3 Å². The van der Waals surface area contributed by atoms with E-state index in [9.17, 15) is 0 Å². The smallest absolute Gasteiger partial charge is 0.107 e. The molecule has 0 aliphatic heterocycles. The van der Waals surface area contributed by atoms with Gasteiger partial charge in [-0.3, -0.25) is 5.41 Å². The molecule has 0 fully saturated rings. The van der Waals surface area contributed by atoms with Gasteiger partial charge in [0.05, 0.1) is 4.75 Å². The maximum Gasteiger partial charge on any atom is 0.107 e. The summed E-state index contributed by atoms with van der Waals surface area (Å²) in [6.45, 7) is 12.8. The second-order valence-corrected chi connectivity index (χ2v) is 7.06. The Labute approximate surface area is 86.2 Å². The van der Waals surface area contributed by atoms with E-state index in [0.29, 0.717) is 5.92 Å². The summed E-state index contributed by atoms with van der Waals surface area (Å²) >= 11 is 1.77. The zero-order valence-electron chi connectivity index (χ0n) is 9.56. The van der Waals surface area contributed by atoms with Crippen LogP contribution in [0.4, 0.5) is 0 Å². The fraction of sp³-hybridized carbons (Fsp3) is 0.900. The molecule has 2 nitrogen and oxygen atoms in total. The summed E-state index contributed by atoms with van der Waals surface area (Å²) in [5, 5.41) is 7.47. The Morgan fingerprint density at radius 3 is 1.85 bits per heavy atom. The van der Waals surface area contributed by atoms with Crippen LogP contribution in [-0.4, -0.2) is 15.3 Å². The van der Waals surface area contributed by atoms with Crippen LogP contribution in [0.5, 0.6) is 0 Å². The first-order valence-electron chi connectivity index (χ1n) is 4.64. The molecule has 0 atom stereocenters. The quantitative estimate of drug-likeness (QED) is 0.544. The summed E-state index contributed by atoms with van der Waals surface area (Å²) in [7, 11) is 0. The van der Waals surface area contributed by atoms with Gasteiger partial charge in [0, 0.05) is 4.75 Å². The van der Waals surface area contributed by atoms with Crippen molar-refractivity contribution >= 4 is 17.6 Å². The average Bonchev–Trinajstić information content (AvgIpc) is 1.83. The number of hydrogen-bond donors (Lipinski definition) is 2. The van der Waals surface area contributed by atoms with Crippen molar-refractivity contribution < 1.29 is 0 Å². The third kappa shape index (κ3) is 3.59. The van der Waals surface area contributed by atoms with Crippen molar-refractivity contribution in [2.24, 2.45) is 11.7 Å². The summed E-state index contributed by atoms with van der Waals surface area (Å²) in [6, 6.07) is 0. The van der Waals surface area contributed by atoms with E-state index in [0.717, 1.165) is 0 Å². The fourth-order valence-electron chi connectivity index (χ4n) is 0.830. The molecule has 3 heteroatoms. The maximum absolute atomic E-state index is 7.47. The van der Waals surface area contributed by atoms with Gasteiger partial charge < -0.3 is 5.73 Å². The Kier molecular flexibility index (Phi) is 3.85. The molecule has 0 rings (SSSR count). The van der Waals surface area contributed by atoms with Gasteiger partial charge in [0.1, 0.15) is 5.84 Å². The van der Waals surface area contributed by atoms with Crippen LogP contribution in [-0.2, 0) is 0 Å². The molecule has 0 aromatic rings. The minimum Gasteiger partial charge on any atom is -0.387 e. The van der Waals surface area contributed by atoms with E-state index in [1.165, 1.54) is 0 Å². The number of amidine groups is 1. The highest BCUT2D eigenvalue weighted by Gasteiger charge is 2.33. The van der Waals surface area contributed by atoms with Crippen LogP contribution >= 0.6 is 11.8 Å². The first kappa shape index (κ1) is 12.8. The van der Waals surface area contributed by atoms with E-state index in [2.05, 4.69) is 27.7 Å². The van der Waals surface area contributed by atoms with Crippen LogP contribution in [0.2, 0.25) is 0 Å². The van der Waals surface area contributed by atoms with Crippen molar-refractivity contribution in [1.29, 1.82) is 5.41 Å². The number of nitrogens with one attached hydrogen (secondary N) is 1. The molecule has 78 valence electrons. The topological polar surface area (TPSA) is 49.9 Å². The fourth-order valence-corrected chi connectivity index (χ4v) is 2.49. The molecule has 0 saturated heterocycles. The predicted molar refractivity (Wildman–Crippen MR) is 62.5 cm³/mol. The van der Waals surface area contributed by atoms with E-state index < -0.39 is 0 Å². The second kappa shape index (κ2) is 3.91. The number of thioether (sulfide) groups is 1. The van der Waals surface area contributed by atoms with E-state index in [4.69, 9.17) is 11.1 Å². The molecule has 0 unspecified atom stereocenters. The van der Waals surface area contributed by atoms with Crippen molar-refractivity contribution in [3.63, 3.8) is 0 Å². The molecule has 0 amide bonds. The summed E-state index contributed by atoms with van der Waals surface area (Å²) in [4.78, 5) is 0. The SMILES string of the molecule is CC(C)C(C)(C)SC(C)(C)C(=N)N. The van der Waals surface area contributed by atoms with E-state index >= 15 is 0 Å². The molecule has 0 aromatic heterocycles. The van der Waals surface area contributed by atoms with Gasteiger partial charge in [-0.2, -0.15) is 0 Å². The summed E-state index contributed by atoms with van der Waals surface area (Å²) in [5.41, 5.74) is 5.54. The van der Waals surface area contributed by atoms with Crippen molar-refractivity contribution in [2.45, 2.75) is 51.0 Å². The van der Waals surface area contributed by atoms with Crippen LogP contribution in [0, 0.1) is 11.3 Å². The molecular formula is C10H22N2S. The normalized spacial score (nSPS) is 13.5. The lowest BCUT2D eigenvalue weighted by molar-refractivity contribution is 0.500. The van der Waals surface area contributed by atoms with Gasteiger partial charge in [-0.1, -0.05) is 27.7 Å². The predicted octanol–water partition coefficient (Wildman–Crippen LogP) is 2.87. The molecule has 0 heterocycles. The molecule has 0 aliphatic rings. The lowest BCUT2D eigenvalue weighted by atomic mass is 9.99. The Morgan fingerprint density at radius 2 is 1.62 bits per heavy atom. The largest absolute Gasteiger partial charge is 0.387 e. The summed E-state index contributed by atoms with van der Waals surface area (Å²) in [5.74, 6) is 0.836. The van der Waals surface area contributed by atoms with E-state index in [1.54, 1.807) is 11.8 Å². The van der Waals surface area contributed by atoms with Crippen molar-refractivity contribution in [3.8, 4) is 0 Å². The van der Waals surface area contributed by atoms with Gasteiger partial charge in [-0.05, 0) is 19.8 Å². The van der Waals surface area contributed by atoms with Crippen LogP contribution in [0.15, 0.2) is 0 Å². The van der Waals surface area contributed by atoms with Crippen LogP contribution in [0.25, 0.3) is 0 Å². The minimum atomic E-state index is -0.256. The Balaban J connectivity index is 4.52. The summed E-state index contributed by atoms with van der Waals surface area (Å²) in [6.07, 6.45) is 0. The van der Waals surface area contributed by atoms with Gasteiger partial charge in [-0.25, -0.2) is 0 Å². The van der Waals surface area contributed by atoms with Crippen molar-refractivity contribution in [1.82, 2.24) is 0 Å². The lowest BCUT2D eigenvalue weighted by Gasteiger charge is -2.36. The van der Waals surface area contributed by atoms with Crippen molar-refractivity contribution in [2.75, 3.05) is 0 Å². The van der Waals surface area contributed by atoms with Gasteiger partial charge in [0.2, 0.25) is 0 Å². The third-order valence-electron chi connectivity index (χ3n) is 2.56. The minimum absolute atomic E-state index is 0.162. The second-order valence-electron chi connectivity index (χ2n) is 4.78. The number of nitrogens with two attached hydrogens (primary N) is 1. The molecule has 3 N–H and O–H groups in total. The molecule has 0 aromatic carbocycles. The molecule has 0 saturated carbocycles. The zero-order chi connectivity index (χ0) is 10.9. The van der Waals surface area contributed by atoms with E-state index in [1.807, 2.05) is 13.8 Å². The zero-order valence-corrected chi connectivity index (χ0v) is 10.4. The first-order chi connectivity index (χ1) is 5.59. The molecular weight excluding hydrogens is 180 g/mol. The molecule has 0 radical (unpaired) electrons. The Morgan fingerprint density at radius 1 is 1.23 bits per heavy atom. The number of hydrogen-bond acceptors (Lipinski definition) is 2. The maximum atomic E-state index is 7.47. The van der Waals surface area contributed by atoms with Crippen LogP contribution in [0.3, 0.4) is 0 Å². The molecule has 0 bridgehead atoms. The lowest BCUT2D eigenvalue weighted by Crippen LogP contribution is -2.40. The van der Waals surface area contributed by atoms with Gasteiger partial charge in [-0.15, -0.1) is 11.8 Å². The van der Waals surface area contributed by atoms with Gasteiger partial charge in [0.25, 0.3) is 0 Å². The standard InChI is InChI=1S/C10H22N2S/c1-7(2)9(3,4)13-10(5,6)8(11)12/h7H,1-6H3,(H3,11,12). The molecule has 0 aliphatic carbocycles. The third-order valence-corrected chi connectivity index (χ3v) is 4.28. The van der Waals surface area contributed by atoms with Crippen LogP contribution < -0.4 is 5.73 Å². The summed E-state index contributed by atoms with van der Waals surface area (Å²) < 4.78 is -0.0943. The van der Waals surface area contributed by atoms with Crippen molar-refractivity contribution in [3.05, 3.63) is 0 Å². The first-order valence-corrected chi connectivity index (χ1v) is 5.46. The van der Waals surface area contributed by atoms with Gasteiger partial charge in [0.15, 0.2) is 0 Å². The monoisotopic (exact) mass is 202 g/mol. The van der Waals surface area contributed by atoms with Crippen LogP contribution in [0.1, 0.15) is 41.5 Å². The van der Waals surface area contributed by atoms with Gasteiger partial charge >= 0.3 is 0 Å². The molecule has 13 heavy (non-hydrogen) atoms. The number of rotatable bonds is 4. The molecule has 0 spiro atoms.